The van der Waals surface area contributed by atoms with Gasteiger partial charge >= 0.3 is 0 Å². The molecule has 1 rings (SSSR count). The van der Waals surface area contributed by atoms with E-state index in [4.69, 9.17) is 0 Å². The Labute approximate surface area is 118 Å². The fourth-order valence-corrected chi connectivity index (χ4v) is 5.19. The van der Waals surface area contributed by atoms with Crippen LogP contribution in [0.4, 0.5) is 0 Å². The van der Waals surface area contributed by atoms with E-state index in [-0.39, 0.29) is 0 Å². The zero-order valence-electron chi connectivity index (χ0n) is 9.41. The normalized spacial score (nSPS) is 27.6. The summed E-state index contributed by atoms with van der Waals surface area (Å²) in [7, 11) is 0. The fraction of sp³-hybridized carbons (Fsp3) is 0.667. The van der Waals surface area contributed by atoms with Crippen LogP contribution >= 0.6 is 47.8 Å². The standard InChI is InChI=1S/C12H17Br3/c1-7-10(4-13)8(2)12(6-15)9(3)11(7)5-14/h7,10H,4-6H2,1-3H3. The van der Waals surface area contributed by atoms with Gasteiger partial charge in [-0.2, -0.15) is 0 Å². The maximum atomic E-state index is 3.64. The Morgan fingerprint density at radius 2 is 1.67 bits per heavy atom. The minimum atomic E-state index is 0.645. The van der Waals surface area contributed by atoms with E-state index in [1.165, 1.54) is 11.1 Å². The Morgan fingerprint density at radius 3 is 2.07 bits per heavy atom. The Bertz CT molecular complexity index is 302. The molecule has 0 radical (unpaired) electrons. The van der Waals surface area contributed by atoms with Gasteiger partial charge in [-0.25, -0.2) is 0 Å². The lowest BCUT2D eigenvalue weighted by Crippen LogP contribution is -2.24. The molecule has 0 N–H and O–H groups in total. The summed E-state index contributed by atoms with van der Waals surface area (Å²) < 4.78 is 0. The van der Waals surface area contributed by atoms with Crippen LogP contribution in [0.2, 0.25) is 0 Å². The first-order valence-electron chi connectivity index (χ1n) is 5.16. The third-order valence-corrected chi connectivity index (χ3v) is 5.43. The van der Waals surface area contributed by atoms with E-state index in [9.17, 15) is 0 Å². The first-order chi connectivity index (χ1) is 7.08. The minimum Gasteiger partial charge on any atom is -0.0921 e. The highest BCUT2D eigenvalue weighted by atomic mass is 79.9. The lowest BCUT2D eigenvalue weighted by Gasteiger charge is -2.33. The molecule has 86 valence electrons. The third-order valence-electron chi connectivity index (χ3n) is 3.56. The van der Waals surface area contributed by atoms with E-state index in [1.807, 2.05) is 0 Å². The predicted molar refractivity (Wildman–Crippen MR) is 79.4 cm³/mol. The van der Waals surface area contributed by atoms with Gasteiger partial charge in [0.25, 0.3) is 0 Å². The Hall–Kier alpha value is 0.920. The summed E-state index contributed by atoms with van der Waals surface area (Å²) in [6, 6.07) is 0. The van der Waals surface area contributed by atoms with E-state index in [0.29, 0.717) is 11.8 Å². The summed E-state index contributed by atoms with van der Waals surface area (Å²) >= 11 is 10.9. The molecule has 0 aromatic heterocycles. The number of allylic oxidation sites excluding steroid dienone is 4. The highest BCUT2D eigenvalue weighted by Gasteiger charge is 2.29. The monoisotopic (exact) mass is 398 g/mol. The average molecular weight is 401 g/mol. The zero-order valence-corrected chi connectivity index (χ0v) is 14.2. The molecule has 0 aromatic carbocycles. The van der Waals surface area contributed by atoms with E-state index in [2.05, 4.69) is 68.6 Å². The van der Waals surface area contributed by atoms with Gasteiger partial charge in [0.2, 0.25) is 0 Å². The molecule has 2 atom stereocenters. The van der Waals surface area contributed by atoms with Gasteiger partial charge in [0.15, 0.2) is 0 Å². The second-order valence-corrected chi connectivity index (χ2v) is 5.90. The summed E-state index contributed by atoms with van der Waals surface area (Å²) in [6.07, 6.45) is 0. The molecule has 1 aliphatic carbocycles. The number of hydrogen-bond acceptors (Lipinski definition) is 0. The largest absolute Gasteiger partial charge is 0.0921 e. The van der Waals surface area contributed by atoms with Crippen LogP contribution in [0.3, 0.4) is 0 Å². The Kier molecular flexibility index (Phi) is 5.61. The van der Waals surface area contributed by atoms with E-state index < -0.39 is 0 Å². The van der Waals surface area contributed by atoms with Gasteiger partial charge in [0.1, 0.15) is 0 Å². The van der Waals surface area contributed by atoms with E-state index in [1.54, 1.807) is 11.1 Å². The van der Waals surface area contributed by atoms with Crippen molar-refractivity contribution in [3.8, 4) is 0 Å². The second-order valence-electron chi connectivity index (χ2n) is 4.13. The van der Waals surface area contributed by atoms with Gasteiger partial charge < -0.3 is 0 Å². The van der Waals surface area contributed by atoms with Crippen LogP contribution < -0.4 is 0 Å². The van der Waals surface area contributed by atoms with Gasteiger partial charge in [-0.1, -0.05) is 65.9 Å². The fourth-order valence-electron chi connectivity index (χ4n) is 2.35. The summed E-state index contributed by atoms with van der Waals surface area (Å²) in [4.78, 5) is 0. The maximum absolute atomic E-state index is 3.64. The highest BCUT2D eigenvalue weighted by Crippen LogP contribution is 2.40. The smallest absolute Gasteiger partial charge is 0.0285 e. The summed E-state index contributed by atoms with van der Waals surface area (Å²) in [5, 5.41) is 3.02. The van der Waals surface area contributed by atoms with Gasteiger partial charge in [-0.05, 0) is 36.8 Å². The van der Waals surface area contributed by atoms with Crippen molar-refractivity contribution in [1.82, 2.24) is 0 Å². The molecule has 0 amide bonds. The van der Waals surface area contributed by atoms with Gasteiger partial charge in [-0.3, -0.25) is 0 Å². The van der Waals surface area contributed by atoms with Crippen molar-refractivity contribution in [3.05, 3.63) is 22.3 Å². The van der Waals surface area contributed by atoms with Crippen LogP contribution in [-0.4, -0.2) is 16.0 Å². The molecule has 0 bridgehead atoms. The van der Waals surface area contributed by atoms with Crippen molar-refractivity contribution >= 4 is 47.8 Å². The molecule has 0 spiro atoms. The molecule has 0 nitrogen and oxygen atoms in total. The summed E-state index contributed by atoms with van der Waals surface area (Å²) in [5.74, 6) is 1.29. The van der Waals surface area contributed by atoms with Crippen LogP contribution in [0, 0.1) is 11.8 Å². The first kappa shape index (κ1) is 14.0. The lowest BCUT2D eigenvalue weighted by atomic mass is 9.75. The van der Waals surface area contributed by atoms with Crippen molar-refractivity contribution in [2.24, 2.45) is 11.8 Å². The number of alkyl halides is 3. The lowest BCUT2D eigenvalue weighted by molar-refractivity contribution is 0.498. The van der Waals surface area contributed by atoms with Crippen LogP contribution in [0.5, 0.6) is 0 Å². The number of rotatable bonds is 3. The second kappa shape index (κ2) is 6.02. The molecule has 3 heteroatoms. The van der Waals surface area contributed by atoms with Crippen LogP contribution in [0.25, 0.3) is 0 Å². The Balaban J connectivity index is 3.22. The molecule has 1 aliphatic rings. The average Bonchev–Trinajstić information content (AvgIpc) is 2.19. The van der Waals surface area contributed by atoms with Gasteiger partial charge in [0.05, 0.1) is 0 Å². The van der Waals surface area contributed by atoms with Gasteiger partial charge in [-0.15, -0.1) is 0 Å². The molecule has 0 aliphatic heterocycles. The first-order valence-corrected chi connectivity index (χ1v) is 8.52. The van der Waals surface area contributed by atoms with Gasteiger partial charge in [0, 0.05) is 16.0 Å². The van der Waals surface area contributed by atoms with Crippen molar-refractivity contribution in [3.63, 3.8) is 0 Å². The summed E-state index contributed by atoms with van der Waals surface area (Å²) in [6.45, 7) is 6.85. The molecule has 15 heavy (non-hydrogen) atoms. The SMILES string of the molecule is CC1=C(CBr)C(C)C(CBr)C(C)=C1CBr. The topological polar surface area (TPSA) is 0 Å². The van der Waals surface area contributed by atoms with Crippen LogP contribution in [0.15, 0.2) is 22.3 Å². The molecular weight excluding hydrogens is 384 g/mol. The molecule has 2 unspecified atom stereocenters. The van der Waals surface area contributed by atoms with Crippen molar-refractivity contribution in [1.29, 1.82) is 0 Å². The molecule has 0 heterocycles. The molecule has 0 saturated carbocycles. The van der Waals surface area contributed by atoms with E-state index >= 15 is 0 Å². The predicted octanol–water partition coefficient (Wildman–Crippen LogP) is 5.07. The molecular formula is C12H17Br3. The van der Waals surface area contributed by atoms with Crippen LogP contribution in [0.1, 0.15) is 20.8 Å². The van der Waals surface area contributed by atoms with E-state index in [0.717, 1.165) is 16.0 Å². The highest BCUT2D eigenvalue weighted by molar-refractivity contribution is 9.09. The maximum Gasteiger partial charge on any atom is 0.0285 e. The molecule has 0 saturated heterocycles. The number of hydrogen-bond donors (Lipinski definition) is 0. The molecule has 0 fully saturated rings. The Morgan fingerprint density at radius 1 is 1.07 bits per heavy atom. The van der Waals surface area contributed by atoms with Crippen LogP contribution in [-0.2, 0) is 0 Å². The summed E-state index contributed by atoms with van der Waals surface area (Å²) in [5.41, 5.74) is 6.07. The molecule has 0 aromatic rings. The van der Waals surface area contributed by atoms with Crippen molar-refractivity contribution < 1.29 is 0 Å². The van der Waals surface area contributed by atoms with Crippen molar-refractivity contribution in [2.75, 3.05) is 16.0 Å². The van der Waals surface area contributed by atoms with Crippen molar-refractivity contribution in [2.45, 2.75) is 20.8 Å². The third kappa shape index (κ3) is 2.61. The number of halogens is 3. The quantitative estimate of drug-likeness (QED) is 0.580. The minimum absolute atomic E-state index is 0.645. The zero-order chi connectivity index (χ0) is 11.6.